The van der Waals surface area contributed by atoms with Crippen molar-refractivity contribution >= 4 is 17.2 Å². The molecule has 22 heavy (non-hydrogen) atoms. The summed E-state index contributed by atoms with van der Waals surface area (Å²) in [5.74, 6) is -0.00166. The van der Waals surface area contributed by atoms with Crippen LogP contribution in [0.4, 0.5) is 0 Å². The van der Waals surface area contributed by atoms with E-state index in [9.17, 15) is 4.79 Å². The van der Waals surface area contributed by atoms with Crippen LogP contribution in [0.25, 0.3) is 10.6 Å². The highest BCUT2D eigenvalue weighted by Gasteiger charge is 2.20. The molecule has 3 rings (SSSR count). The molecule has 0 bridgehead atoms. The standard InChI is InChI=1S/C16H19N3O2S/c20-15(14-10-21-9-8-17-14)18-7-6-13-11-22-16(19-13)12-4-2-1-3-5-12/h1-5,11,14,17H,6-10H2,(H,18,20). The summed E-state index contributed by atoms with van der Waals surface area (Å²) in [4.78, 5) is 16.6. The van der Waals surface area contributed by atoms with Gasteiger partial charge in [0.1, 0.15) is 11.0 Å². The van der Waals surface area contributed by atoms with Crippen molar-refractivity contribution in [3.05, 3.63) is 41.4 Å². The van der Waals surface area contributed by atoms with Crippen LogP contribution >= 0.6 is 11.3 Å². The van der Waals surface area contributed by atoms with Crippen molar-refractivity contribution in [3.63, 3.8) is 0 Å². The van der Waals surface area contributed by atoms with Crippen molar-refractivity contribution < 1.29 is 9.53 Å². The number of nitrogens with one attached hydrogen (secondary N) is 2. The van der Waals surface area contributed by atoms with Crippen molar-refractivity contribution in [2.45, 2.75) is 12.5 Å². The molecule has 0 aliphatic carbocycles. The van der Waals surface area contributed by atoms with Crippen LogP contribution in [0.1, 0.15) is 5.69 Å². The van der Waals surface area contributed by atoms with Gasteiger partial charge < -0.3 is 15.4 Å². The Bertz CT molecular complexity index is 609. The number of aromatic nitrogens is 1. The van der Waals surface area contributed by atoms with E-state index in [4.69, 9.17) is 4.74 Å². The van der Waals surface area contributed by atoms with Gasteiger partial charge in [0.15, 0.2) is 0 Å². The van der Waals surface area contributed by atoms with Crippen LogP contribution in [0.3, 0.4) is 0 Å². The normalized spacial score (nSPS) is 18.1. The maximum absolute atomic E-state index is 11.9. The van der Waals surface area contributed by atoms with Crippen LogP contribution in [0.2, 0.25) is 0 Å². The number of rotatable bonds is 5. The fraction of sp³-hybridized carbons (Fsp3) is 0.375. The van der Waals surface area contributed by atoms with Crippen molar-refractivity contribution in [1.82, 2.24) is 15.6 Å². The summed E-state index contributed by atoms with van der Waals surface area (Å²) < 4.78 is 5.29. The van der Waals surface area contributed by atoms with E-state index in [1.807, 2.05) is 18.2 Å². The summed E-state index contributed by atoms with van der Waals surface area (Å²) in [5, 5.41) is 9.15. The molecule has 1 aromatic heterocycles. The summed E-state index contributed by atoms with van der Waals surface area (Å²) in [6.45, 7) is 2.44. The molecule has 1 fully saturated rings. The molecular weight excluding hydrogens is 298 g/mol. The van der Waals surface area contributed by atoms with Gasteiger partial charge in [-0.3, -0.25) is 4.79 Å². The lowest BCUT2D eigenvalue weighted by atomic mass is 10.2. The Kier molecular flexibility index (Phi) is 5.15. The largest absolute Gasteiger partial charge is 0.378 e. The van der Waals surface area contributed by atoms with E-state index in [2.05, 4.69) is 33.1 Å². The van der Waals surface area contributed by atoms with Crippen LogP contribution in [-0.2, 0) is 16.0 Å². The number of benzene rings is 1. The third kappa shape index (κ3) is 3.91. The smallest absolute Gasteiger partial charge is 0.239 e. The molecule has 1 aliphatic heterocycles. The van der Waals surface area contributed by atoms with Gasteiger partial charge in [0.2, 0.25) is 5.91 Å². The van der Waals surface area contributed by atoms with Gasteiger partial charge in [-0.25, -0.2) is 4.98 Å². The highest BCUT2D eigenvalue weighted by atomic mass is 32.1. The van der Waals surface area contributed by atoms with Gasteiger partial charge in [0.25, 0.3) is 0 Å². The molecule has 1 atom stereocenters. The quantitative estimate of drug-likeness (QED) is 0.876. The Morgan fingerprint density at radius 2 is 2.27 bits per heavy atom. The molecule has 0 saturated carbocycles. The average molecular weight is 317 g/mol. The van der Waals surface area contributed by atoms with E-state index in [0.29, 0.717) is 19.8 Å². The highest BCUT2D eigenvalue weighted by molar-refractivity contribution is 7.13. The molecule has 0 radical (unpaired) electrons. The molecule has 2 aromatic rings. The maximum atomic E-state index is 11.9. The topological polar surface area (TPSA) is 63.2 Å². The number of carbonyl (C=O) groups is 1. The molecule has 116 valence electrons. The number of hydrogen-bond donors (Lipinski definition) is 2. The van der Waals surface area contributed by atoms with E-state index in [1.165, 1.54) is 0 Å². The summed E-state index contributed by atoms with van der Waals surface area (Å²) in [7, 11) is 0. The van der Waals surface area contributed by atoms with Crippen LogP contribution in [0, 0.1) is 0 Å². The second-order valence-corrected chi connectivity index (χ2v) is 5.99. The molecule has 0 spiro atoms. The highest BCUT2D eigenvalue weighted by Crippen LogP contribution is 2.23. The fourth-order valence-corrected chi connectivity index (χ4v) is 3.17. The van der Waals surface area contributed by atoms with Gasteiger partial charge in [-0.2, -0.15) is 0 Å². The van der Waals surface area contributed by atoms with Crippen molar-refractivity contribution in [2.24, 2.45) is 0 Å². The first-order valence-electron chi connectivity index (χ1n) is 7.41. The van der Waals surface area contributed by atoms with Crippen molar-refractivity contribution in [3.8, 4) is 10.6 Å². The van der Waals surface area contributed by atoms with Gasteiger partial charge in [-0.1, -0.05) is 30.3 Å². The third-order valence-corrected chi connectivity index (χ3v) is 4.43. The zero-order valence-corrected chi connectivity index (χ0v) is 13.1. The van der Waals surface area contributed by atoms with E-state index < -0.39 is 0 Å². The molecule has 1 unspecified atom stereocenters. The van der Waals surface area contributed by atoms with Crippen LogP contribution in [0.15, 0.2) is 35.7 Å². The van der Waals surface area contributed by atoms with Gasteiger partial charge in [0.05, 0.1) is 18.9 Å². The minimum absolute atomic E-state index is 0.00166. The van der Waals surface area contributed by atoms with Gasteiger partial charge in [0, 0.05) is 30.5 Å². The van der Waals surface area contributed by atoms with Crippen LogP contribution in [0.5, 0.6) is 0 Å². The molecule has 5 nitrogen and oxygen atoms in total. The molecule has 6 heteroatoms. The predicted octanol–water partition coefficient (Wildman–Crippen LogP) is 1.46. The molecule has 1 aromatic carbocycles. The zero-order chi connectivity index (χ0) is 15.2. The minimum Gasteiger partial charge on any atom is -0.378 e. The first-order chi connectivity index (χ1) is 10.8. The number of morpholine rings is 1. The lowest BCUT2D eigenvalue weighted by Crippen LogP contribution is -2.51. The van der Waals surface area contributed by atoms with Gasteiger partial charge >= 0.3 is 0 Å². The molecule has 1 saturated heterocycles. The molecule has 1 aliphatic rings. The zero-order valence-electron chi connectivity index (χ0n) is 12.2. The van der Waals surface area contributed by atoms with Crippen molar-refractivity contribution in [2.75, 3.05) is 26.3 Å². The molecule has 1 amide bonds. The second kappa shape index (κ2) is 7.49. The Balaban J connectivity index is 1.48. The third-order valence-electron chi connectivity index (χ3n) is 3.49. The summed E-state index contributed by atoms with van der Waals surface area (Å²) in [6, 6.07) is 9.89. The van der Waals surface area contributed by atoms with E-state index in [1.54, 1.807) is 11.3 Å². The Morgan fingerprint density at radius 3 is 3.05 bits per heavy atom. The van der Waals surface area contributed by atoms with Gasteiger partial charge in [-0.15, -0.1) is 11.3 Å². The first kappa shape index (κ1) is 15.1. The molecular formula is C16H19N3O2S. The van der Waals surface area contributed by atoms with Crippen LogP contribution < -0.4 is 10.6 Å². The van der Waals surface area contributed by atoms with E-state index in [0.717, 1.165) is 29.2 Å². The second-order valence-electron chi connectivity index (χ2n) is 5.13. The minimum atomic E-state index is -0.232. The summed E-state index contributed by atoms with van der Waals surface area (Å²) in [5.41, 5.74) is 2.14. The van der Waals surface area contributed by atoms with Crippen molar-refractivity contribution in [1.29, 1.82) is 0 Å². The number of thiazole rings is 1. The van der Waals surface area contributed by atoms with E-state index >= 15 is 0 Å². The Labute approximate surface area is 133 Å². The Morgan fingerprint density at radius 1 is 1.41 bits per heavy atom. The number of carbonyl (C=O) groups excluding carboxylic acids is 1. The lowest BCUT2D eigenvalue weighted by molar-refractivity contribution is -0.125. The van der Waals surface area contributed by atoms with Crippen LogP contribution in [-0.4, -0.2) is 43.2 Å². The number of ether oxygens (including phenoxy) is 1. The Hall–Kier alpha value is -1.76. The maximum Gasteiger partial charge on any atom is 0.239 e. The SMILES string of the molecule is O=C(NCCc1csc(-c2ccccc2)n1)C1COCCN1. The molecule has 2 heterocycles. The number of amides is 1. The summed E-state index contributed by atoms with van der Waals surface area (Å²) >= 11 is 1.63. The predicted molar refractivity (Wildman–Crippen MR) is 86.9 cm³/mol. The average Bonchev–Trinajstić information content (AvgIpc) is 3.05. The monoisotopic (exact) mass is 317 g/mol. The summed E-state index contributed by atoms with van der Waals surface area (Å²) in [6.07, 6.45) is 0.739. The number of hydrogen-bond acceptors (Lipinski definition) is 5. The lowest BCUT2D eigenvalue weighted by Gasteiger charge is -2.22. The first-order valence-corrected chi connectivity index (χ1v) is 8.29. The van der Waals surface area contributed by atoms with Gasteiger partial charge in [-0.05, 0) is 0 Å². The molecule has 2 N–H and O–H groups in total. The number of nitrogens with zero attached hydrogens (tertiary/aromatic N) is 1. The fourth-order valence-electron chi connectivity index (χ4n) is 2.31. The van der Waals surface area contributed by atoms with E-state index in [-0.39, 0.29) is 11.9 Å².